The molecule has 0 aliphatic carbocycles. The third-order valence-electron chi connectivity index (χ3n) is 0.788. The summed E-state index contributed by atoms with van der Waals surface area (Å²) in [5.74, 6) is -0.992. The van der Waals surface area contributed by atoms with Gasteiger partial charge in [0.1, 0.15) is 0 Å². The average Bonchev–Trinajstić information content (AvgIpc) is 2.04. The molecule has 0 fully saturated rings. The zero-order valence-electron chi connectivity index (χ0n) is 6.61. The maximum absolute atomic E-state index is 12.5. The molecule has 0 atom stereocenters. The molecular weight excluding hydrogens is 204 g/mol. The zero-order valence-corrected chi connectivity index (χ0v) is 8.12. The molecule has 3 nitrogen and oxygen atoms in total. The minimum Gasteiger partial charge on any atom is -0.368 e. The first-order chi connectivity index (χ1) is 5.61. The summed E-state index contributed by atoms with van der Waals surface area (Å²) < 4.78 is 12.5. The van der Waals surface area contributed by atoms with Crippen molar-refractivity contribution in [2.45, 2.75) is 13.8 Å². The van der Waals surface area contributed by atoms with E-state index in [9.17, 15) is 4.39 Å². The Bertz CT molecular complexity index is 244. The van der Waals surface area contributed by atoms with Gasteiger partial charge in [-0.15, -0.1) is 0 Å². The van der Waals surface area contributed by atoms with E-state index in [0.717, 1.165) is 0 Å². The van der Waals surface area contributed by atoms with E-state index in [2.05, 4.69) is 9.97 Å². The van der Waals surface area contributed by atoms with E-state index in [4.69, 9.17) is 28.9 Å². The maximum atomic E-state index is 12.5. The lowest BCUT2D eigenvalue weighted by Crippen LogP contribution is -1.97. The molecule has 0 bridgehead atoms. The average molecular weight is 212 g/mol. The molecule has 0 aromatic carbocycles. The van der Waals surface area contributed by atoms with Gasteiger partial charge in [-0.25, -0.2) is 4.39 Å². The summed E-state index contributed by atoms with van der Waals surface area (Å²) in [6.45, 7) is 4.00. The lowest BCUT2D eigenvalue weighted by molar-refractivity contribution is 0.615. The summed E-state index contributed by atoms with van der Waals surface area (Å²) in [7, 11) is 0. The van der Waals surface area contributed by atoms with Crippen LogP contribution < -0.4 is 5.73 Å². The molecule has 0 saturated carbocycles. The molecule has 0 saturated heterocycles. The monoisotopic (exact) mass is 211 g/mol. The molecule has 12 heavy (non-hydrogen) atoms. The second-order valence-electron chi connectivity index (χ2n) is 1.48. The summed E-state index contributed by atoms with van der Waals surface area (Å²) in [5.41, 5.74) is 5.07. The summed E-state index contributed by atoms with van der Waals surface area (Å²) in [5, 5.41) is -0.727. The molecule has 0 aliphatic heterocycles. The number of nitrogens with zero attached hydrogens (tertiary/aromatic N) is 2. The molecule has 1 aromatic heterocycles. The lowest BCUT2D eigenvalue weighted by Gasteiger charge is -1.95. The number of rotatable bonds is 0. The normalized spacial score (nSPS) is 8.75. The molecule has 1 rings (SSSR count). The topological polar surface area (TPSA) is 51.8 Å². The fourth-order valence-electron chi connectivity index (χ4n) is 0.409. The van der Waals surface area contributed by atoms with Crippen molar-refractivity contribution in [2.75, 3.05) is 5.73 Å². The summed E-state index contributed by atoms with van der Waals surface area (Å²) in [6.07, 6.45) is 0. The van der Waals surface area contributed by atoms with Crippen molar-refractivity contribution in [1.29, 1.82) is 0 Å². The van der Waals surface area contributed by atoms with Crippen LogP contribution in [0.5, 0.6) is 0 Å². The van der Waals surface area contributed by atoms with Crippen LogP contribution in [0.25, 0.3) is 0 Å². The highest BCUT2D eigenvalue weighted by molar-refractivity contribution is 6.33. The van der Waals surface area contributed by atoms with Crippen LogP contribution in [0.15, 0.2) is 0 Å². The quantitative estimate of drug-likeness (QED) is 0.672. The van der Waals surface area contributed by atoms with Crippen molar-refractivity contribution < 1.29 is 4.39 Å². The van der Waals surface area contributed by atoms with Crippen LogP contribution >= 0.6 is 23.2 Å². The molecule has 1 heterocycles. The number of nitrogen functional groups attached to an aromatic ring is 1. The maximum Gasteiger partial charge on any atom is 0.223 e. The first kappa shape index (κ1) is 11.4. The molecule has 0 spiro atoms. The van der Waals surface area contributed by atoms with E-state index >= 15 is 0 Å². The van der Waals surface area contributed by atoms with Crippen LogP contribution in [-0.4, -0.2) is 9.97 Å². The van der Waals surface area contributed by atoms with Crippen molar-refractivity contribution in [3.8, 4) is 0 Å². The largest absolute Gasteiger partial charge is 0.368 e. The summed E-state index contributed by atoms with van der Waals surface area (Å²) in [6, 6.07) is 0. The minimum absolute atomic E-state index is 0.142. The van der Waals surface area contributed by atoms with E-state index in [1.807, 2.05) is 13.8 Å². The van der Waals surface area contributed by atoms with Crippen molar-refractivity contribution in [3.63, 3.8) is 0 Å². The predicted molar refractivity (Wildman–Crippen MR) is 47.8 cm³/mol. The number of anilines is 1. The predicted octanol–water partition coefficient (Wildman–Crippen LogP) is 2.53. The second kappa shape index (κ2) is 5.11. The summed E-state index contributed by atoms with van der Waals surface area (Å²) >= 11 is 10.5. The van der Waals surface area contributed by atoms with E-state index in [1.165, 1.54) is 0 Å². The van der Waals surface area contributed by atoms with Crippen LogP contribution in [0.4, 0.5) is 10.3 Å². The fraction of sp³-hybridized carbons (Fsp3) is 0.333. The molecule has 2 N–H and O–H groups in total. The summed E-state index contributed by atoms with van der Waals surface area (Å²) in [4.78, 5) is 6.61. The van der Waals surface area contributed by atoms with E-state index in [0.29, 0.717) is 0 Å². The van der Waals surface area contributed by atoms with Gasteiger partial charge in [-0.3, -0.25) is 0 Å². The number of hydrogen-bond donors (Lipinski definition) is 1. The number of hydrogen-bond acceptors (Lipinski definition) is 3. The van der Waals surface area contributed by atoms with Crippen LogP contribution in [0.1, 0.15) is 13.8 Å². The van der Waals surface area contributed by atoms with E-state index in [-0.39, 0.29) is 16.3 Å². The third-order valence-corrected chi connectivity index (χ3v) is 1.29. The lowest BCUT2D eigenvalue weighted by atomic mass is 10.6. The highest BCUT2D eigenvalue weighted by Gasteiger charge is 2.08. The van der Waals surface area contributed by atoms with Gasteiger partial charge in [0.15, 0.2) is 16.1 Å². The Morgan fingerprint density at radius 3 is 1.83 bits per heavy atom. The Hall–Kier alpha value is -0.610. The van der Waals surface area contributed by atoms with Gasteiger partial charge >= 0.3 is 0 Å². The van der Waals surface area contributed by atoms with Crippen molar-refractivity contribution >= 4 is 29.2 Å². The smallest absolute Gasteiger partial charge is 0.223 e. The molecule has 0 aliphatic rings. The molecule has 1 aromatic rings. The van der Waals surface area contributed by atoms with Gasteiger partial charge < -0.3 is 5.73 Å². The van der Waals surface area contributed by atoms with Gasteiger partial charge in [-0.05, 0) is 0 Å². The SMILES string of the molecule is CC.Nc1nc(Cl)c(F)c(Cl)n1. The van der Waals surface area contributed by atoms with Crippen molar-refractivity contribution in [3.05, 3.63) is 16.1 Å². The van der Waals surface area contributed by atoms with Crippen LogP contribution in [0.3, 0.4) is 0 Å². The third kappa shape index (κ3) is 2.79. The van der Waals surface area contributed by atoms with Gasteiger partial charge in [0.2, 0.25) is 5.95 Å². The number of halogens is 3. The fourth-order valence-corrected chi connectivity index (χ4v) is 0.810. The van der Waals surface area contributed by atoms with Crippen molar-refractivity contribution in [1.82, 2.24) is 9.97 Å². The number of nitrogens with two attached hydrogens (primary N) is 1. The van der Waals surface area contributed by atoms with Gasteiger partial charge in [-0.1, -0.05) is 37.0 Å². The van der Waals surface area contributed by atoms with Crippen LogP contribution in [0.2, 0.25) is 10.3 Å². The van der Waals surface area contributed by atoms with Crippen LogP contribution in [0, 0.1) is 5.82 Å². The standard InChI is InChI=1S/C4H2Cl2FN3.C2H6/c5-2-1(7)3(6)10-4(8)9-2;1-2/h(H2,8,9,10);1-2H3. The first-order valence-corrected chi connectivity index (χ1v) is 4.01. The minimum atomic E-state index is -0.850. The molecule has 0 radical (unpaired) electrons. The highest BCUT2D eigenvalue weighted by atomic mass is 35.5. The molecule has 6 heteroatoms. The van der Waals surface area contributed by atoms with E-state index in [1.54, 1.807) is 0 Å². The Labute approximate surface area is 79.7 Å². The first-order valence-electron chi connectivity index (χ1n) is 3.25. The van der Waals surface area contributed by atoms with Gasteiger partial charge in [-0.2, -0.15) is 9.97 Å². The molecular formula is C6H8Cl2FN3. The van der Waals surface area contributed by atoms with E-state index < -0.39 is 5.82 Å². The molecule has 0 unspecified atom stereocenters. The Morgan fingerprint density at radius 2 is 1.50 bits per heavy atom. The second-order valence-corrected chi connectivity index (χ2v) is 2.19. The number of aromatic nitrogens is 2. The zero-order chi connectivity index (χ0) is 9.72. The van der Waals surface area contributed by atoms with Gasteiger partial charge in [0.05, 0.1) is 0 Å². The van der Waals surface area contributed by atoms with Gasteiger partial charge in [0, 0.05) is 0 Å². The Morgan fingerprint density at radius 1 is 1.17 bits per heavy atom. The van der Waals surface area contributed by atoms with Crippen molar-refractivity contribution in [2.24, 2.45) is 0 Å². The van der Waals surface area contributed by atoms with Gasteiger partial charge in [0.25, 0.3) is 0 Å². The van der Waals surface area contributed by atoms with Crippen LogP contribution in [-0.2, 0) is 0 Å². The Balaban J connectivity index is 0.000000561. The molecule has 0 amide bonds. The highest BCUT2D eigenvalue weighted by Crippen LogP contribution is 2.18. The Kier molecular flexibility index (Phi) is 4.85. The molecule has 68 valence electrons.